The highest BCUT2D eigenvalue weighted by Gasteiger charge is 2.05. The standard InChI is InChI=1S/C12H7FN2S/c13-12-2-1-10(15-8-16)7-11(12)9-3-5-14-6-4-9/h1-7H. The Kier molecular flexibility index (Phi) is 3.15. The molecule has 0 N–H and O–H groups in total. The number of aromatic nitrogens is 1. The summed E-state index contributed by atoms with van der Waals surface area (Å²) >= 11 is 4.51. The normalized spacial score (nSPS) is 9.56. The lowest BCUT2D eigenvalue weighted by molar-refractivity contribution is 0.631. The molecule has 78 valence electrons. The third-order valence-electron chi connectivity index (χ3n) is 2.12. The fourth-order valence-electron chi connectivity index (χ4n) is 1.39. The molecule has 0 fully saturated rings. The van der Waals surface area contributed by atoms with Gasteiger partial charge in [-0.05, 0) is 48.1 Å². The summed E-state index contributed by atoms with van der Waals surface area (Å²) in [7, 11) is 0. The van der Waals surface area contributed by atoms with E-state index in [0.717, 1.165) is 5.56 Å². The van der Waals surface area contributed by atoms with Crippen LogP contribution in [-0.4, -0.2) is 10.1 Å². The van der Waals surface area contributed by atoms with E-state index < -0.39 is 0 Å². The molecule has 0 unspecified atom stereocenters. The van der Waals surface area contributed by atoms with E-state index in [1.165, 1.54) is 6.07 Å². The van der Waals surface area contributed by atoms with Crippen LogP contribution in [0, 0.1) is 5.82 Å². The number of thiocarbonyl (C=S) groups is 1. The molecule has 4 heteroatoms. The number of hydrogen-bond acceptors (Lipinski definition) is 3. The number of halogens is 1. The van der Waals surface area contributed by atoms with Crippen LogP contribution in [-0.2, 0) is 0 Å². The average Bonchev–Trinajstić information content (AvgIpc) is 2.33. The second-order valence-electron chi connectivity index (χ2n) is 3.10. The molecule has 0 aliphatic rings. The fourth-order valence-corrected chi connectivity index (χ4v) is 1.49. The van der Waals surface area contributed by atoms with Crippen LogP contribution in [0.3, 0.4) is 0 Å². The Labute approximate surface area is 97.5 Å². The number of benzene rings is 1. The second kappa shape index (κ2) is 4.75. The molecule has 0 saturated heterocycles. The van der Waals surface area contributed by atoms with Crippen LogP contribution in [0.5, 0.6) is 0 Å². The van der Waals surface area contributed by atoms with Gasteiger partial charge in [-0.1, -0.05) is 0 Å². The zero-order valence-electron chi connectivity index (χ0n) is 8.22. The zero-order valence-corrected chi connectivity index (χ0v) is 9.04. The Bertz CT molecular complexity index is 548. The number of isothiocyanates is 1. The summed E-state index contributed by atoms with van der Waals surface area (Å²) in [6.07, 6.45) is 3.23. The Morgan fingerprint density at radius 1 is 1.19 bits per heavy atom. The highest BCUT2D eigenvalue weighted by atomic mass is 32.1. The molecule has 1 aromatic carbocycles. The molecule has 2 nitrogen and oxygen atoms in total. The molecule has 0 atom stereocenters. The van der Waals surface area contributed by atoms with Crippen molar-refractivity contribution in [3.63, 3.8) is 0 Å². The van der Waals surface area contributed by atoms with E-state index >= 15 is 0 Å². The summed E-state index contributed by atoms with van der Waals surface area (Å²) < 4.78 is 13.6. The number of rotatable bonds is 2. The molecule has 16 heavy (non-hydrogen) atoms. The maximum atomic E-state index is 13.6. The molecule has 0 spiro atoms. The van der Waals surface area contributed by atoms with E-state index in [-0.39, 0.29) is 5.82 Å². The molecule has 2 aromatic rings. The maximum Gasteiger partial charge on any atom is 0.131 e. The number of pyridine rings is 1. The first kappa shape index (κ1) is 10.6. The van der Waals surface area contributed by atoms with Crippen molar-refractivity contribution in [3.8, 4) is 11.1 Å². The van der Waals surface area contributed by atoms with Gasteiger partial charge in [0.2, 0.25) is 0 Å². The molecule has 0 saturated carbocycles. The predicted octanol–water partition coefficient (Wildman–Crippen LogP) is 3.62. The highest BCUT2D eigenvalue weighted by Crippen LogP contribution is 2.26. The van der Waals surface area contributed by atoms with Crippen LogP contribution in [0.1, 0.15) is 0 Å². The van der Waals surface area contributed by atoms with Crippen molar-refractivity contribution in [2.75, 3.05) is 0 Å². The van der Waals surface area contributed by atoms with Gasteiger partial charge in [0.1, 0.15) is 5.82 Å². The molecule has 2 rings (SSSR count). The van der Waals surface area contributed by atoms with Crippen molar-refractivity contribution in [1.82, 2.24) is 4.98 Å². The van der Waals surface area contributed by atoms with Crippen LogP contribution in [0.4, 0.5) is 10.1 Å². The number of nitrogens with zero attached hydrogens (tertiary/aromatic N) is 2. The van der Waals surface area contributed by atoms with Gasteiger partial charge in [-0.25, -0.2) is 4.39 Å². The van der Waals surface area contributed by atoms with Crippen LogP contribution >= 0.6 is 12.2 Å². The van der Waals surface area contributed by atoms with Gasteiger partial charge < -0.3 is 0 Å². The van der Waals surface area contributed by atoms with Crippen molar-refractivity contribution in [2.24, 2.45) is 4.99 Å². The molecular weight excluding hydrogens is 223 g/mol. The quantitative estimate of drug-likeness (QED) is 0.581. The van der Waals surface area contributed by atoms with E-state index in [4.69, 9.17) is 0 Å². The van der Waals surface area contributed by atoms with Crippen LogP contribution in [0.25, 0.3) is 11.1 Å². The number of aliphatic imine (C=N–C) groups is 1. The Morgan fingerprint density at radius 3 is 2.62 bits per heavy atom. The van der Waals surface area contributed by atoms with Crippen LogP contribution < -0.4 is 0 Å². The SMILES string of the molecule is Fc1ccc(N=C=S)cc1-c1ccncc1. The third-order valence-corrected chi connectivity index (χ3v) is 2.21. The molecular formula is C12H7FN2S. The Hall–Kier alpha value is -1.90. The summed E-state index contributed by atoms with van der Waals surface area (Å²) in [5, 5.41) is 2.26. The summed E-state index contributed by atoms with van der Waals surface area (Å²) in [4.78, 5) is 7.70. The lowest BCUT2D eigenvalue weighted by Gasteiger charge is -2.03. The van der Waals surface area contributed by atoms with Gasteiger partial charge in [-0.15, -0.1) is 0 Å². The first-order valence-corrected chi connectivity index (χ1v) is 5.00. The summed E-state index contributed by atoms with van der Waals surface area (Å²) in [5.41, 5.74) is 1.83. The largest absolute Gasteiger partial charge is 0.265 e. The minimum Gasteiger partial charge on any atom is -0.265 e. The van der Waals surface area contributed by atoms with E-state index in [2.05, 4.69) is 27.4 Å². The molecule has 0 bridgehead atoms. The molecule has 0 aliphatic carbocycles. The van der Waals surface area contributed by atoms with E-state index in [1.54, 1.807) is 36.7 Å². The van der Waals surface area contributed by atoms with Gasteiger partial charge in [0, 0.05) is 18.0 Å². The Balaban J connectivity index is 2.56. The molecule has 0 radical (unpaired) electrons. The average molecular weight is 230 g/mol. The first-order chi connectivity index (χ1) is 7.81. The van der Waals surface area contributed by atoms with Crippen molar-refractivity contribution >= 4 is 23.1 Å². The third kappa shape index (κ3) is 2.19. The summed E-state index contributed by atoms with van der Waals surface area (Å²) in [6.45, 7) is 0. The van der Waals surface area contributed by atoms with Gasteiger partial charge in [0.25, 0.3) is 0 Å². The van der Waals surface area contributed by atoms with Crippen molar-refractivity contribution in [3.05, 3.63) is 48.5 Å². The van der Waals surface area contributed by atoms with Crippen LogP contribution in [0.2, 0.25) is 0 Å². The van der Waals surface area contributed by atoms with Crippen molar-refractivity contribution in [2.45, 2.75) is 0 Å². The molecule has 0 amide bonds. The zero-order chi connectivity index (χ0) is 11.4. The monoisotopic (exact) mass is 230 g/mol. The lowest BCUT2D eigenvalue weighted by Crippen LogP contribution is -1.84. The van der Waals surface area contributed by atoms with Gasteiger partial charge in [-0.3, -0.25) is 4.98 Å². The van der Waals surface area contributed by atoms with Crippen LogP contribution in [0.15, 0.2) is 47.7 Å². The van der Waals surface area contributed by atoms with Gasteiger partial charge in [0.15, 0.2) is 0 Å². The molecule has 0 aliphatic heterocycles. The Morgan fingerprint density at radius 2 is 1.94 bits per heavy atom. The van der Waals surface area contributed by atoms with Gasteiger partial charge in [-0.2, -0.15) is 4.99 Å². The summed E-state index contributed by atoms with van der Waals surface area (Å²) in [6, 6.07) is 8.02. The fraction of sp³-hybridized carbons (Fsp3) is 0. The smallest absolute Gasteiger partial charge is 0.131 e. The highest BCUT2D eigenvalue weighted by molar-refractivity contribution is 7.78. The maximum absolute atomic E-state index is 13.6. The van der Waals surface area contributed by atoms with Crippen molar-refractivity contribution in [1.29, 1.82) is 0 Å². The lowest BCUT2D eigenvalue weighted by atomic mass is 10.1. The minimum atomic E-state index is -0.297. The second-order valence-corrected chi connectivity index (χ2v) is 3.29. The molecule has 1 aromatic heterocycles. The summed E-state index contributed by atoms with van der Waals surface area (Å²) in [5.74, 6) is -0.297. The minimum absolute atomic E-state index is 0.297. The first-order valence-electron chi connectivity index (χ1n) is 4.59. The predicted molar refractivity (Wildman–Crippen MR) is 64.3 cm³/mol. The topological polar surface area (TPSA) is 25.2 Å². The van der Waals surface area contributed by atoms with E-state index in [9.17, 15) is 4.39 Å². The van der Waals surface area contributed by atoms with E-state index in [0.29, 0.717) is 11.3 Å². The van der Waals surface area contributed by atoms with E-state index in [1.807, 2.05) is 0 Å². The van der Waals surface area contributed by atoms with Gasteiger partial charge >= 0.3 is 0 Å². The van der Waals surface area contributed by atoms with Crippen molar-refractivity contribution < 1.29 is 4.39 Å². The van der Waals surface area contributed by atoms with Gasteiger partial charge in [0.05, 0.1) is 10.8 Å². The molecule has 1 heterocycles. The number of hydrogen-bond donors (Lipinski definition) is 0.